The highest BCUT2D eigenvalue weighted by molar-refractivity contribution is 7.11. The van der Waals surface area contributed by atoms with E-state index in [4.69, 9.17) is 0 Å². The molecule has 0 atom stereocenters. The van der Waals surface area contributed by atoms with Crippen LogP contribution in [0.25, 0.3) is 16.7 Å². The van der Waals surface area contributed by atoms with E-state index in [9.17, 15) is 18.8 Å². The van der Waals surface area contributed by atoms with Crippen LogP contribution in [0, 0.1) is 5.82 Å². The summed E-state index contributed by atoms with van der Waals surface area (Å²) in [6.07, 6.45) is 8.42. The lowest BCUT2D eigenvalue weighted by atomic mass is 10.1. The smallest absolute Gasteiger partial charge is 0.295 e. The molecule has 1 aliphatic heterocycles. The Morgan fingerprint density at radius 2 is 1.82 bits per heavy atom. The maximum Gasteiger partial charge on any atom is 0.295 e. The molecule has 0 aliphatic carbocycles. The van der Waals surface area contributed by atoms with Gasteiger partial charge in [0.15, 0.2) is 16.6 Å². The molecule has 0 bridgehead atoms. The van der Waals surface area contributed by atoms with Crippen LogP contribution in [-0.2, 0) is 4.79 Å². The summed E-state index contributed by atoms with van der Waals surface area (Å²) in [5, 5.41) is 9.64. The van der Waals surface area contributed by atoms with Gasteiger partial charge >= 0.3 is 0 Å². The lowest BCUT2D eigenvalue weighted by Gasteiger charge is -2.35. The Morgan fingerprint density at radius 1 is 0.974 bits per heavy atom. The van der Waals surface area contributed by atoms with E-state index in [-0.39, 0.29) is 41.2 Å². The lowest BCUT2D eigenvalue weighted by molar-refractivity contribution is -0.126. The van der Waals surface area contributed by atoms with Crippen LogP contribution < -0.4 is 4.90 Å². The molecular formula is C24H18FN9O3S. The van der Waals surface area contributed by atoms with Gasteiger partial charge in [-0.1, -0.05) is 5.21 Å². The predicted octanol–water partition coefficient (Wildman–Crippen LogP) is 1.90. The fourth-order valence-corrected chi connectivity index (χ4v) is 5.02. The number of Topliss-reactive ketones (excluding diaryl/α,β-unsaturated/α-hetero) is 1. The number of ketones is 2. The number of carbonyl (C=O) groups is 3. The van der Waals surface area contributed by atoms with Crippen LogP contribution >= 0.6 is 11.3 Å². The number of hydrogen-bond acceptors (Lipinski definition) is 10. The van der Waals surface area contributed by atoms with Crippen molar-refractivity contribution in [2.45, 2.75) is 0 Å². The lowest BCUT2D eigenvalue weighted by Crippen LogP contribution is -2.51. The van der Waals surface area contributed by atoms with Crippen molar-refractivity contribution in [3.63, 3.8) is 0 Å². The molecule has 38 heavy (non-hydrogen) atoms. The van der Waals surface area contributed by atoms with Crippen molar-refractivity contribution >= 4 is 45.5 Å². The van der Waals surface area contributed by atoms with E-state index in [0.29, 0.717) is 29.5 Å². The summed E-state index contributed by atoms with van der Waals surface area (Å²) >= 11 is 1.25. The maximum absolute atomic E-state index is 14.8. The van der Waals surface area contributed by atoms with Crippen LogP contribution in [0.2, 0.25) is 0 Å². The van der Waals surface area contributed by atoms with Crippen molar-refractivity contribution in [1.29, 1.82) is 0 Å². The Bertz CT molecular complexity index is 1660. The number of hydrogen-bond donors (Lipinski definition) is 1. The molecular weight excluding hydrogens is 513 g/mol. The van der Waals surface area contributed by atoms with Gasteiger partial charge in [-0.3, -0.25) is 14.4 Å². The van der Waals surface area contributed by atoms with Crippen molar-refractivity contribution in [3.8, 4) is 5.82 Å². The van der Waals surface area contributed by atoms with Crippen LogP contribution in [0.3, 0.4) is 0 Å². The average molecular weight is 532 g/mol. The first-order valence-corrected chi connectivity index (χ1v) is 12.4. The minimum atomic E-state index is -0.836. The third kappa shape index (κ3) is 4.00. The van der Waals surface area contributed by atoms with E-state index < -0.39 is 17.5 Å². The molecule has 1 amide bonds. The molecule has 1 aliphatic rings. The van der Waals surface area contributed by atoms with E-state index in [0.717, 1.165) is 6.20 Å². The molecule has 5 aromatic rings. The standard InChI is InChI=1S/C24H18FN9O3S/c25-16-13-29-22(34-6-4-30-31-34)18-17(16)15(12-28-18)20(36)24(37)33-9-7-32(8-10-33)21-14(2-1-3-26-21)19(35)23-27-5-11-38-23/h1-6,11-13,28H,7-10H2. The van der Waals surface area contributed by atoms with Gasteiger partial charge < -0.3 is 14.8 Å². The van der Waals surface area contributed by atoms with Crippen molar-refractivity contribution in [3.05, 3.63) is 76.6 Å². The second kappa shape index (κ2) is 9.55. The molecule has 190 valence electrons. The molecule has 0 saturated carbocycles. The van der Waals surface area contributed by atoms with Crippen molar-refractivity contribution in [2.24, 2.45) is 0 Å². The number of fused-ring (bicyclic) bond motifs is 1. The second-order valence-electron chi connectivity index (χ2n) is 8.38. The molecule has 12 nitrogen and oxygen atoms in total. The number of carbonyl (C=O) groups excluding carboxylic acids is 3. The monoisotopic (exact) mass is 531 g/mol. The van der Waals surface area contributed by atoms with E-state index >= 15 is 0 Å². The Labute approximate surface area is 217 Å². The van der Waals surface area contributed by atoms with Gasteiger partial charge in [-0.2, -0.15) is 0 Å². The highest BCUT2D eigenvalue weighted by Gasteiger charge is 2.31. The van der Waals surface area contributed by atoms with Gasteiger partial charge in [0.1, 0.15) is 5.82 Å². The SMILES string of the molecule is O=C(c1nccs1)c1cccnc1N1CCN(C(=O)C(=O)c2c[nH]c3c(-n4ccnn4)ncc(F)c23)CC1. The number of anilines is 1. The molecule has 0 unspecified atom stereocenters. The number of halogens is 1. The highest BCUT2D eigenvalue weighted by atomic mass is 32.1. The van der Waals surface area contributed by atoms with E-state index in [1.165, 1.54) is 39.5 Å². The van der Waals surface area contributed by atoms with E-state index in [1.54, 1.807) is 29.9 Å². The summed E-state index contributed by atoms with van der Waals surface area (Å²) < 4.78 is 16.1. The normalized spacial score (nSPS) is 13.7. The molecule has 0 aromatic carbocycles. The van der Waals surface area contributed by atoms with Gasteiger partial charge in [0.2, 0.25) is 5.78 Å². The summed E-state index contributed by atoms with van der Waals surface area (Å²) in [6.45, 7) is 1.17. The fourth-order valence-electron chi connectivity index (χ4n) is 4.43. The van der Waals surface area contributed by atoms with Crippen LogP contribution in [0.4, 0.5) is 10.2 Å². The average Bonchev–Trinajstić information content (AvgIpc) is 3.75. The Balaban J connectivity index is 1.20. The minimum absolute atomic E-state index is 0.0405. The predicted molar refractivity (Wildman–Crippen MR) is 134 cm³/mol. The van der Waals surface area contributed by atoms with Gasteiger partial charge in [0.05, 0.1) is 40.6 Å². The molecule has 5 aromatic heterocycles. The molecule has 0 spiro atoms. The molecule has 6 heterocycles. The highest BCUT2D eigenvalue weighted by Crippen LogP contribution is 2.27. The summed E-state index contributed by atoms with van der Waals surface area (Å²) in [6, 6.07) is 3.38. The zero-order valence-corrected chi connectivity index (χ0v) is 20.4. The van der Waals surface area contributed by atoms with Gasteiger partial charge in [-0.05, 0) is 12.1 Å². The number of pyridine rings is 2. The number of thiazole rings is 1. The van der Waals surface area contributed by atoms with Gasteiger partial charge in [-0.15, -0.1) is 16.4 Å². The molecule has 1 N–H and O–H groups in total. The number of piperazine rings is 1. The Hall–Kier alpha value is -4.85. The molecule has 6 rings (SSSR count). The van der Waals surface area contributed by atoms with Gasteiger partial charge in [0, 0.05) is 50.1 Å². The van der Waals surface area contributed by atoms with Gasteiger partial charge in [-0.25, -0.2) is 24.0 Å². The van der Waals surface area contributed by atoms with Crippen molar-refractivity contribution < 1.29 is 18.8 Å². The number of amides is 1. The third-order valence-electron chi connectivity index (χ3n) is 6.25. The number of H-pyrrole nitrogens is 1. The maximum atomic E-state index is 14.8. The second-order valence-corrected chi connectivity index (χ2v) is 9.27. The summed E-state index contributed by atoms with van der Waals surface area (Å²) in [5.74, 6) is -1.80. The first-order chi connectivity index (χ1) is 18.5. The fraction of sp³-hybridized carbons (Fsp3) is 0.167. The first-order valence-electron chi connectivity index (χ1n) is 11.5. The number of rotatable bonds is 6. The summed E-state index contributed by atoms with van der Waals surface area (Å²) in [4.78, 5) is 57.9. The summed E-state index contributed by atoms with van der Waals surface area (Å²) in [7, 11) is 0. The van der Waals surface area contributed by atoms with Crippen LogP contribution in [-0.4, -0.2) is 83.5 Å². The quantitative estimate of drug-likeness (QED) is 0.257. The minimum Gasteiger partial charge on any atom is -0.357 e. The van der Waals surface area contributed by atoms with Crippen molar-refractivity contribution in [2.75, 3.05) is 31.1 Å². The van der Waals surface area contributed by atoms with Crippen LogP contribution in [0.1, 0.15) is 25.7 Å². The molecule has 0 radical (unpaired) electrons. The number of aromatic amines is 1. The van der Waals surface area contributed by atoms with E-state index in [1.807, 2.05) is 4.90 Å². The molecule has 14 heteroatoms. The zero-order chi connectivity index (χ0) is 26.2. The Morgan fingerprint density at radius 3 is 2.55 bits per heavy atom. The molecule has 1 saturated heterocycles. The van der Waals surface area contributed by atoms with Crippen LogP contribution in [0.15, 0.2) is 54.7 Å². The number of nitrogens with one attached hydrogen (secondary N) is 1. The Kier molecular flexibility index (Phi) is 5.92. The van der Waals surface area contributed by atoms with Gasteiger partial charge in [0.25, 0.3) is 11.7 Å². The zero-order valence-electron chi connectivity index (χ0n) is 19.6. The molecule has 1 fully saturated rings. The first kappa shape index (κ1) is 23.5. The number of aromatic nitrogens is 7. The topological polar surface area (TPSA) is 143 Å². The third-order valence-corrected chi connectivity index (χ3v) is 7.02. The van der Waals surface area contributed by atoms with Crippen LogP contribution in [0.5, 0.6) is 0 Å². The van der Waals surface area contributed by atoms with E-state index in [2.05, 4.69) is 30.2 Å². The largest absolute Gasteiger partial charge is 0.357 e. The van der Waals surface area contributed by atoms with Crippen molar-refractivity contribution in [1.82, 2.24) is 39.8 Å². The summed E-state index contributed by atoms with van der Waals surface area (Å²) in [5.41, 5.74) is 0.558. The number of nitrogens with zero attached hydrogens (tertiary/aromatic N) is 8.